The molecule has 0 spiro atoms. The largest absolute Gasteiger partial charge is 0.396 e. The van der Waals surface area contributed by atoms with E-state index >= 15 is 0 Å². The van der Waals surface area contributed by atoms with E-state index in [4.69, 9.17) is 0 Å². The summed E-state index contributed by atoms with van der Waals surface area (Å²) in [6.07, 6.45) is 4.46. The van der Waals surface area contributed by atoms with Crippen molar-refractivity contribution in [2.24, 2.45) is 11.8 Å². The summed E-state index contributed by atoms with van der Waals surface area (Å²) in [6.45, 7) is 5.12. The molecule has 0 amide bonds. The van der Waals surface area contributed by atoms with Crippen molar-refractivity contribution in [3.63, 3.8) is 0 Å². The second-order valence-corrected chi connectivity index (χ2v) is 7.15. The molecule has 0 aliphatic rings. The molecule has 3 N–H and O–H groups in total. The van der Waals surface area contributed by atoms with Crippen molar-refractivity contribution in [3.05, 3.63) is 54.6 Å². The second-order valence-electron chi connectivity index (χ2n) is 7.15. The first-order valence-corrected chi connectivity index (χ1v) is 9.17. The number of rotatable bonds is 8. The molecule has 1 atom stereocenters. The van der Waals surface area contributed by atoms with Crippen molar-refractivity contribution < 1.29 is 9.50 Å². The highest BCUT2D eigenvalue weighted by Crippen LogP contribution is 2.31. The average molecular weight is 368 g/mol. The number of nitrogens with one attached hydrogen (secondary N) is 2. The van der Waals surface area contributed by atoms with Crippen LogP contribution in [-0.2, 0) is 0 Å². The number of hydrogen-bond acceptors (Lipinski definition) is 4. The van der Waals surface area contributed by atoms with E-state index < -0.39 is 0 Å². The van der Waals surface area contributed by atoms with E-state index in [1.165, 1.54) is 12.1 Å². The number of aliphatic hydroxyl groups excluding tert-OH is 1. The van der Waals surface area contributed by atoms with E-state index in [0.29, 0.717) is 12.5 Å². The van der Waals surface area contributed by atoms with Crippen molar-refractivity contribution in [1.29, 1.82) is 0 Å². The van der Waals surface area contributed by atoms with Crippen LogP contribution in [0.4, 0.5) is 10.2 Å². The summed E-state index contributed by atoms with van der Waals surface area (Å²) in [6, 6.07) is 10.2. The van der Waals surface area contributed by atoms with Crippen molar-refractivity contribution in [1.82, 2.24) is 15.2 Å². The molecule has 0 saturated heterocycles. The second kappa shape index (κ2) is 8.77. The lowest BCUT2D eigenvalue weighted by Gasteiger charge is -2.17. The molecule has 3 rings (SSSR count). The Kier molecular flexibility index (Phi) is 6.19. The van der Waals surface area contributed by atoms with Crippen molar-refractivity contribution >= 4 is 5.82 Å². The molecule has 2 aromatic heterocycles. The van der Waals surface area contributed by atoms with Gasteiger partial charge in [0, 0.05) is 30.5 Å². The van der Waals surface area contributed by atoms with E-state index in [1.54, 1.807) is 24.5 Å². The van der Waals surface area contributed by atoms with Crippen LogP contribution in [0, 0.1) is 17.7 Å². The molecular formula is C21H25FN4O. The number of aromatic nitrogens is 3. The summed E-state index contributed by atoms with van der Waals surface area (Å²) < 4.78 is 13.2. The fourth-order valence-electron chi connectivity index (χ4n) is 3.17. The molecule has 0 fully saturated rings. The molecule has 0 aliphatic carbocycles. The molecule has 0 radical (unpaired) electrons. The number of benzene rings is 1. The van der Waals surface area contributed by atoms with Crippen molar-refractivity contribution in [2.45, 2.75) is 20.3 Å². The van der Waals surface area contributed by atoms with Crippen LogP contribution in [-0.4, -0.2) is 33.4 Å². The summed E-state index contributed by atoms with van der Waals surface area (Å²) in [5.74, 6) is 1.21. The first-order chi connectivity index (χ1) is 13.1. The maximum absolute atomic E-state index is 13.2. The number of H-pyrrole nitrogens is 1. The van der Waals surface area contributed by atoms with E-state index in [-0.39, 0.29) is 18.3 Å². The lowest BCUT2D eigenvalue weighted by Crippen LogP contribution is -2.20. The number of aromatic amines is 1. The first kappa shape index (κ1) is 19.0. The van der Waals surface area contributed by atoms with E-state index in [2.05, 4.69) is 34.3 Å². The Morgan fingerprint density at radius 3 is 2.63 bits per heavy atom. The monoisotopic (exact) mass is 368 g/mol. The summed E-state index contributed by atoms with van der Waals surface area (Å²) in [7, 11) is 0. The molecule has 27 heavy (non-hydrogen) atoms. The lowest BCUT2D eigenvalue weighted by atomic mass is 9.98. The Bertz CT molecular complexity index is 861. The molecule has 3 aromatic rings. The van der Waals surface area contributed by atoms with Gasteiger partial charge in [-0.3, -0.25) is 5.10 Å². The highest BCUT2D eigenvalue weighted by Gasteiger charge is 2.13. The molecule has 0 aliphatic heterocycles. The lowest BCUT2D eigenvalue weighted by molar-refractivity contribution is 0.213. The minimum absolute atomic E-state index is 0.154. The predicted octanol–water partition coefficient (Wildman–Crippen LogP) is 4.34. The first-order valence-electron chi connectivity index (χ1n) is 9.17. The maximum Gasteiger partial charge on any atom is 0.126 e. The molecule has 0 unspecified atom stereocenters. The number of pyridine rings is 1. The quantitative estimate of drug-likeness (QED) is 0.553. The Morgan fingerprint density at radius 1 is 1.15 bits per heavy atom. The van der Waals surface area contributed by atoms with Crippen molar-refractivity contribution in [3.8, 4) is 22.4 Å². The molecule has 5 nitrogen and oxygen atoms in total. The third kappa shape index (κ3) is 4.92. The molecular weight excluding hydrogens is 343 g/mol. The Balaban J connectivity index is 1.78. The Labute approximate surface area is 158 Å². The molecule has 1 aromatic carbocycles. The van der Waals surface area contributed by atoms with Gasteiger partial charge in [-0.1, -0.05) is 13.8 Å². The van der Waals surface area contributed by atoms with E-state index in [1.807, 2.05) is 12.1 Å². The van der Waals surface area contributed by atoms with Gasteiger partial charge in [-0.05, 0) is 60.2 Å². The van der Waals surface area contributed by atoms with Crippen LogP contribution in [0.3, 0.4) is 0 Å². The van der Waals surface area contributed by atoms with Gasteiger partial charge in [0.25, 0.3) is 0 Å². The summed E-state index contributed by atoms with van der Waals surface area (Å²) in [5.41, 5.74) is 3.59. The van der Waals surface area contributed by atoms with Gasteiger partial charge in [-0.15, -0.1) is 0 Å². The van der Waals surface area contributed by atoms with Crippen LogP contribution in [0.1, 0.15) is 20.3 Å². The molecule has 142 valence electrons. The highest BCUT2D eigenvalue weighted by molar-refractivity contribution is 5.81. The van der Waals surface area contributed by atoms with E-state index in [9.17, 15) is 9.50 Å². The van der Waals surface area contributed by atoms with Crippen molar-refractivity contribution in [2.75, 3.05) is 18.5 Å². The smallest absolute Gasteiger partial charge is 0.126 e. The average Bonchev–Trinajstić information content (AvgIpc) is 3.15. The van der Waals surface area contributed by atoms with Crippen LogP contribution in [0.5, 0.6) is 0 Å². The van der Waals surface area contributed by atoms with Crippen LogP contribution in [0.25, 0.3) is 22.4 Å². The normalized spacial score (nSPS) is 12.3. The topological polar surface area (TPSA) is 73.8 Å². The van der Waals surface area contributed by atoms with Crippen LogP contribution < -0.4 is 5.32 Å². The van der Waals surface area contributed by atoms with Crippen LogP contribution >= 0.6 is 0 Å². The number of nitrogens with zero attached hydrogens (tertiary/aromatic N) is 2. The summed E-state index contributed by atoms with van der Waals surface area (Å²) in [5, 5.41) is 20.0. The zero-order chi connectivity index (χ0) is 19.2. The fourth-order valence-corrected chi connectivity index (χ4v) is 3.17. The van der Waals surface area contributed by atoms with Gasteiger partial charge < -0.3 is 10.4 Å². The van der Waals surface area contributed by atoms with Gasteiger partial charge in [-0.2, -0.15) is 5.10 Å². The zero-order valence-electron chi connectivity index (χ0n) is 15.6. The fraction of sp³-hybridized carbons (Fsp3) is 0.333. The standard InChI is InChI=1S/C21H25FN4O/c1-14(2)9-15(13-27)11-24-20-10-17(7-8-23-20)19-12-25-26-21(19)16-3-5-18(22)6-4-16/h3-8,10,12,14-15,27H,9,11,13H2,1-2H3,(H,23,24)(H,25,26)/t15-/m1/s1. The summed E-state index contributed by atoms with van der Waals surface area (Å²) >= 11 is 0. The van der Waals surface area contributed by atoms with Gasteiger partial charge in [0.2, 0.25) is 0 Å². The predicted molar refractivity (Wildman–Crippen MR) is 106 cm³/mol. The minimum Gasteiger partial charge on any atom is -0.396 e. The number of aliphatic hydroxyl groups is 1. The maximum atomic E-state index is 13.2. The highest BCUT2D eigenvalue weighted by atomic mass is 19.1. The molecule has 6 heteroatoms. The SMILES string of the molecule is CC(C)C[C@@H](CO)CNc1cc(-c2cn[nH]c2-c2ccc(F)cc2)ccn1. The van der Waals surface area contributed by atoms with Gasteiger partial charge in [-0.25, -0.2) is 9.37 Å². The van der Waals surface area contributed by atoms with E-state index in [0.717, 1.165) is 34.6 Å². The summed E-state index contributed by atoms with van der Waals surface area (Å²) in [4.78, 5) is 4.38. The molecule has 0 saturated carbocycles. The van der Waals surface area contributed by atoms with Crippen LogP contribution in [0.2, 0.25) is 0 Å². The Hall–Kier alpha value is -2.73. The van der Waals surface area contributed by atoms with Crippen LogP contribution in [0.15, 0.2) is 48.8 Å². The minimum atomic E-state index is -0.268. The Morgan fingerprint density at radius 2 is 1.93 bits per heavy atom. The molecule has 2 heterocycles. The van der Waals surface area contributed by atoms with Gasteiger partial charge in [0.05, 0.1) is 11.9 Å². The third-order valence-electron chi connectivity index (χ3n) is 4.48. The van der Waals surface area contributed by atoms with Gasteiger partial charge >= 0.3 is 0 Å². The third-order valence-corrected chi connectivity index (χ3v) is 4.48. The molecule has 0 bridgehead atoms. The number of anilines is 1. The van der Waals surface area contributed by atoms with Gasteiger partial charge in [0.1, 0.15) is 11.6 Å². The number of halogens is 1. The number of hydrogen-bond donors (Lipinski definition) is 3. The van der Waals surface area contributed by atoms with Gasteiger partial charge in [0.15, 0.2) is 0 Å². The zero-order valence-corrected chi connectivity index (χ0v) is 15.6.